The summed E-state index contributed by atoms with van der Waals surface area (Å²) in [6.45, 7) is 2.25. The molecule has 1 aromatic carbocycles. The van der Waals surface area contributed by atoms with Crippen molar-refractivity contribution < 1.29 is 14.3 Å². The Morgan fingerprint density at radius 1 is 1.35 bits per heavy atom. The summed E-state index contributed by atoms with van der Waals surface area (Å²) >= 11 is 0. The van der Waals surface area contributed by atoms with E-state index in [1.807, 2.05) is 31.2 Å². The highest BCUT2D eigenvalue weighted by molar-refractivity contribution is 5.76. The molecule has 1 heterocycles. The van der Waals surface area contributed by atoms with E-state index >= 15 is 0 Å². The van der Waals surface area contributed by atoms with Crippen LogP contribution in [0.1, 0.15) is 17.9 Å². The molecule has 2 rings (SSSR count). The van der Waals surface area contributed by atoms with Crippen LogP contribution in [0.15, 0.2) is 34.9 Å². The maximum atomic E-state index is 11.4. The summed E-state index contributed by atoms with van der Waals surface area (Å²) in [5, 5.41) is 11.2. The molecule has 0 fully saturated rings. The number of amides is 1. The van der Waals surface area contributed by atoms with Gasteiger partial charge >= 0.3 is 0 Å². The van der Waals surface area contributed by atoms with E-state index in [1.54, 1.807) is 6.20 Å². The lowest BCUT2D eigenvalue weighted by molar-refractivity contribution is -0.121. The standard InChI is InChI=1S/C15H18N2O3/c1-11-2-4-12(5-3-11)13-10-17-15(20-13)7-6-14(19)16-8-9-18/h2-5,10,18H,6-9H2,1H3,(H,16,19). The predicted octanol–water partition coefficient (Wildman–Crippen LogP) is 1.69. The van der Waals surface area contributed by atoms with Gasteiger partial charge in [0.25, 0.3) is 0 Å². The highest BCUT2D eigenvalue weighted by Gasteiger charge is 2.08. The Hall–Kier alpha value is -2.14. The van der Waals surface area contributed by atoms with Gasteiger partial charge in [-0.2, -0.15) is 0 Å². The first kappa shape index (κ1) is 14.3. The highest BCUT2D eigenvalue weighted by Crippen LogP contribution is 2.21. The van der Waals surface area contributed by atoms with Crippen LogP contribution in [0.3, 0.4) is 0 Å². The summed E-state index contributed by atoms with van der Waals surface area (Å²) in [7, 11) is 0. The van der Waals surface area contributed by atoms with E-state index in [4.69, 9.17) is 9.52 Å². The van der Waals surface area contributed by atoms with Crippen molar-refractivity contribution in [1.82, 2.24) is 10.3 Å². The van der Waals surface area contributed by atoms with Crippen molar-refractivity contribution >= 4 is 5.91 Å². The first-order chi connectivity index (χ1) is 9.69. The fourth-order valence-electron chi connectivity index (χ4n) is 1.78. The number of oxazole rings is 1. The van der Waals surface area contributed by atoms with Crippen molar-refractivity contribution in [1.29, 1.82) is 0 Å². The topological polar surface area (TPSA) is 75.4 Å². The lowest BCUT2D eigenvalue weighted by Gasteiger charge is -2.01. The Morgan fingerprint density at radius 3 is 2.80 bits per heavy atom. The second kappa shape index (κ2) is 6.86. The van der Waals surface area contributed by atoms with E-state index in [2.05, 4.69) is 10.3 Å². The molecule has 0 radical (unpaired) electrons. The number of aryl methyl sites for hydroxylation is 2. The summed E-state index contributed by atoms with van der Waals surface area (Å²) in [6.07, 6.45) is 2.42. The Morgan fingerprint density at radius 2 is 2.10 bits per heavy atom. The van der Waals surface area contributed by atoms with Gasteiger partial charge in [0.15, 0.2) is 11.7 Å². The zero-order valence-electron chi connectivity index (χ0n) is 11.4. The van der Waals surface area contributed by atoms with Crippen molar-refractivity contribution in [3.8, 4) is 11.3 Å². The van der Waals surface area contributed by atoms with Crippen LogP contribution in [-0.4, -0.2) is 29.1 Å². The van der Waals surface area contributed by atoms with Gasteiger partial charge in [-0.25, -0.2) is 4.98 Å². The average molecular weight is 274 g/mol. The first-order valence-electron chi connectivity index (χ1n) is 6.58. The molecule has 0 aliphatic rings. The van der Waals surface area contributed by atoms with E-state index in [0.717, 1.165) is 5.56 Å². The summed E-state index contributed by atoms with van der Waals surface area (Å²) in [5.74, 6) is 1.13. The van der Waals surface area contributed by atoms with Crippen molar-refractivity contribution in [2.45, 2.75) is 19.8 Å². The smallest absolute Gasteiger partial charge is 0.220 e. The fourth-order valence-corrected chi connectivity index (χ4v) is 1.78. The monoisotopic (exact) mass is 274 g/mol. The van der Waals surface area contributed by atoms with Crippen LogP contribution in [0.2, 0.25) is 0 Å². The Balaban J connectivity index is 1.92. The van der Waals surface area contributed by atoms with Gasteiger partial charge in [-0.1, -0.05) is 29.8 Å². The number of nitrogens with zero attached hydrogens (tertiary/aromatic N) is 1. The lowest BCUT2D eigenvalue weighted by atomic mass is 10.1. The number of rotatable bonds is 6. The number of aromatic nitrogens is 1. The van der Waals surface area contributed by atoms with E-state index in [9.17, 15) is 4.79 Å². The number of nitrogens with one attached hydrogen (secondary N) is 1. The van der Waals surface area contributed by atoms with Gasteiger partial charge in [-0.05, 0) is 6.92 Å². The van der Waals surface area contributed by atoms with Crippen LogP contribution in [-0.2, 0) is 11.2 Å². The van der Waals surface area contributed by atoms with Gasteiger partial charge in [0.1, 0.15) is 0 Å². The third-order valence-corrected chi connectivity index (χ3v) is 2.89. The molecule has 2 N–H and O–H groups in total. The van der Waals surface area contributed by atoms with Crippen molar-refractivity contribution in [2.75, 3.05) is 13.2 Å². The molecular formula is C15H18N2O3. The highest BCUT2D eigenvalue weighted by atomic mass is 16.4. The number of hydrogen-bond acceptors (Lipinski definition) is 4. The molecule has 0 aliphatic heterocycles. The van der Waals surface area contributed by atoms with Gasteiger partial charge in [-0.15, -0.1) is 0 Å². The summed E-state index contributed by atoms with van der Waals surface area (Å²) < 4.78 is 5.62. The quantitative estimate of drug-likeness (QED) is 0.840. The molecule has 5 nitrogen and oxygen atoms in total. The fraction of sp³-hybridized carbons (Fsp3) is 0.333. The maximum Gasteiger partial charge on any atom is 0.220 e. The van der Waals surface area contributed by atoms with Gasteiger partial charge in [0, 0.05) is 24.9 Å². The van der Waals surface area contributed by atoms with Crippen molar-refractivity contribution in [3.63, 3.8) is 0 Å². The number of hydrogen-bond donors (Lipinski definition) is 2. The minimum Gasteiger partial charge on any atom is -0.441 e. The number of carbonyl (C=O) groups is 1. The number of aliphatic hydroxyl groups is 1. The van der Waals surface area contributed by atoms with Crippen LogP contribution in [0.5, 0.6) is 0 Å². The van der Waals surface area contributed by atoms with E-state index in [1.165, 1.54) is 5.56 Å². The second-order valence-electron chi connectivity index (χ2n) is 4.56. The minimum absolute atomic E-state index is 0.0533. The number of aliphatic hydroxyl groups excluding tert-OH is 1. The maximum absolute atomic E-state index is 11.4. The molecule has 106 valence electrons. The summed E-state index contributed by atoms with van der Waals surface area (Å²) in [4.78, 5) is 15.6. The second-order valence-corrected chi connectivity index (χ2v) is 4.56. The molecule has 1 aromatic heterocycles. The van der Waals surface area contributed by atoms with Crippen molar-refractivity contribution in [3.05, 3.63) is 41.9 Å². The molecule has 0 saturated carbocycles. The Bertz CT molecular complexity index is 561. The first-order valence-corrected chi connectivity index (χ1v) is 6.58. The minimum atomic E-state index is -0.117. The largest absolute Gasteiger partial charge is 0.441 e. The molecule has 0 bridgehead atoms. The third kappa shape index (κ3) is 3.93. The van der Waals surface area contributed by atoms with E-state index in [-0.39, 0.29) is 19.1 Å². The SMILES string of the molecule is Cc1ccc(-c2cnc(CCC(=O)NCCO)o2)cc1. The van der Waals surface area contributed by atoms with Crippen molar-refractivity contribution in [2.24, 2.45) is 0 Å². The molecule has 1 amide bonds. The number of carbonyl (C=O) groups excluding carboxylic acids is 1. The Labute approximate surface area is 117 Å². The van der Waals surface area contributed by atoms with Gasteiger partial charge < -0.3 is 14.8 Å². The predicted molar refractivity (Wildman–Crippen MR) is 75.1 cm³/mol. The molecule has 0 unspecified atom stereocenters. The molecule has 0 spiro atoms. The zero-order valence-corrected chi connectivity index (χ0v) is 11.4. The zero-order chi connectivity index (χ0) is 14.4. The Kier molecular flexibility index (Phi) is 4.90. The molecule has 20 heavy (non-hydrogen) atoms. The molecule has 2 aromatic rings. The van der Waals surface area contributed by atoms with Crippen LogP contribution < -0.4 is 5.32 Å². The normalized spacial score (nSPS) is 10.5. The van der Waals surface area contributed by atoms with Gasteiger partial charge in [0.2, 0.25) is 5.91 Å². The van der Waals surface area contributed by atoms with E-state index < -0.39 is 0 Å². The summed E-state index contributed by atoms with van der Waals surface area (Å²) in [5.41, 5.74) is 2.16. The van der Waals surface area contributed by atoms with Gasteiger partial charge in [-0.3, -0.25) is 4.79 Å². The van der Waals surface area contributed by atoms with Crippen LogP contribution in [0.25, 0.3) is 11.3 Å². The third-order valence-electron chi connectivity index (χ3n) is 2.89. The lowest BCUT2D eigenvalue weighted by Crippen LogP contribution is -2.26. The molecule has 0 saturated heterocycles. The van der Waals surface area contributed by atoms with E-state index in [0.29, 0.717) is 24.5 Å². The van der Waals surface area contributed by atoms with Crippen LogP contribution in [0.4, 0.5) is 0 Å². The van der Waals surface area contributed by atoms with Crippen LogP contribution >= 0.6 is 0 Å². The molecule has 0 atom stereocenters. The summed E-state index contributed by atoms with van der Waals surface area (Å²) in [6, 6.07) is 7.99. The van der Waals surface area contributed by atoms with Gasteiger partial charge in [0.05, 0.1) is 12.8 Å². The molecule has 0 aliphatic carbocycles. The molecular weight excluding hydrogens is 256 g/mol. The number of benzene rings is 1. The van der Waals surface area contributed by atoms with Crippen LogP contribution in [0, 0.1) is 6.92 Å². The average Bonchev–Trinajstić information content (AvgIpc) is 2.92. The molecule has 5 heteroatoms.